The van der Waals surface area contributed by atoms with Gasteiger partial charge in [-0.15, -0.1) is 0 Å². The maximum absolute atomic E-state index is 10.0. The lowest BCUT2D eigenvalue weighted by Crippen LogP contribution is -2.41. The molecule has 0 unspecified atom stereocenters. The average molecular weight is 251 g/mol. The number of aliphatic hydroxyl groups is 1. The minimum Gasteiger partial charge on any atom is -0.391 e. The Morgan fingerprint density at radius 2 is 1.61 bits per heavy atom. The first-order chi connectivity index (χ1) is 8.19. The number of nitrogens with one attached hydrogen (secondary N) is 1. The fourth-order valence-corrected chi connectivity index (χ4v) is 1.67. The zero-order chi connectivity index (χ0) is 13.9. The molecule has 18 heavy (non-hydrogen) atoms. The van der Waals surface area contributed by atoms with Crippen molar-refractivity contribution in [3.05, 3.63) is 22.8 Å². The van der Waals surface area contributed by atoms with Crippen molar-refractivity contribution in [1.29, 1.82) is 0 Å². The molecule has 0 aliphatic rings. The van der Waals surface area contributed by atoms with Gasteiger partial charge in [0.05, 0.1) is 28.9 Å². The second kappa shape index (κ2) is 5.76. The van der Waals surface area contributed by atoms with E-state index in [9.17, 15) is 5.11 Å². The molecule has 1 aromatic heterocycles. The summed E-state index contributed by atoms with van der Waals surface area (Å²) in [5.74, 6) is 0. The monoisotopic (exact) mass is 251 g/mol. The molecule has 102 valence electrons. The van der Waals surface area contributed by atoms with Crippen LogP contribution in [0.2, 0.25) is 0 Å². The third kappa shape index (κ3) is 4.70. The van der Waals surface area contributed by atoms with Gasteiger partial charge in [-0.05, 0) is 41.5 Å². The number of aryl methyl sites for hydroxylation is 3. The predicted molar refractivity (Wildman–Crippen MR) is 73.7 cm³/mol. The molecule has 0 radical (unpaired) electrons. The molecule has 0 aliphatic carbocycles. The third-order valence-electron chi connectivity index (χ3n) is 2.88. The lowest BCUT2D eigenvalue weighted by atomic mass is 10.1. The Kier molecular flexibility index (Phi) is 4.82. The Morgan fingerprint density at radius 1 is 1.06 bits per heavy atom. The molecular weight excluding hydrogens is 226 g/mol. The molecule has 0 saturated heterocycles. The van der Waals surface area contributed by atoms with E-state index in [1.54, 1.807) is 0 Å². The molecular formula is C14H25N3O. The van der Waals surface area contributed by atoms with E-state index in [4.69, 9.17) is 0 Å². The van der Waals surface area contributed by atoms with Crippen LogP contribution in [0.4, 0.5) is 0 Å². The van der Waals surface area contributed by atoms with E-state index in [0.29, 0.717) is 13.0 Å². The van der Waals surface area contributed by atoms with Gasteiger partial charge < -0.3 is 10.4 Å². The maximum Gasteiger partial charge on any atom is 0.0720 e. The summed E-state index contributed by atoms with van der Waals surface area (Å²) in [4.78, 5) is 8.95. The van der Waals surface area contributed by atoms with Crippen molar-refractivity contribution in [2.75, 3.05) is 6.54 Å². The smallest absolute Gasteiger partial charge is 0.0720 e. The molecule has 4 nitrogen and oxygen atoms in total. The topological polar surface area (TPSA) is 58.0 Å². The van der Waals surface area contributed by atoms with Gasteiger partial charge in [0.15, 0.2) is 0 Å². The summed E-state index contributed by atoms with van der Waals surface area (Å²) in [7, 11) is 0. The van der Waals surface area contributed by atoms with Gasteiger partial charge in [-0.3, -0.25) is 9.97 Å². The van der Waals surface area contributed by atoms with Crippen LogP contribution in [-0.4, -0.2) is 33.3 Å². The molecule has 1 rings (SSSR count). The first kappa shape index (κ1) is 15.1. The highest BCUT2D eigenvalue weighted by Gasteiger charge is 2.15. The Morgan fingerprint density at radius 3 is 2.17 bits per heavy atom. The molecule has 1 heterocycles. The van der Waals surface area contributed by atoms with Crippen molar-refractivity contribution in [2.45, 2.75) is 59.6 Å². The van der Waals surface area contributed by atoms with E-state index in [2.05, 4.69) is 36.1 Å². The van der Waals surface area contributed by atoms with Gasteiger partial charge in [0.25, 0.3) is 0 Å². The number of rotatable bonds is 4. The largest absolute Gasteiger partial charge is 0.391 e. The van der Waals surface area contributed by atoms with Crippen molar-refractivity contribution in [3.63, 3.8) is 0 Å². The van der Waals surface area contributed by atoms with E-state index in [-0.39, 0.29) is 5.54 Å². The minimum atomic E-state index is -0.431. The molecule has 0 saturated carbocycles. The molecule has 0 fully saturated rings. The molecule has 0 spiro atoms. The molecule has 0 bridgehead atoms. The van der Waals surface area contributed by atoms with Crippen LogP contribution in [0.3, 0.4) is 0 Å². The Balaban J connectivity index is 2.65. The van der Waals surface area contributed by atoms with Crippen molar-refractivity contribution in [3.8, 4) is 0 Å². The number of hydrogen-bond acceptors (Lipinski definition) is 4. The van der Waals surface area contributed by atoms with Gasteiger partial charge >= 0.3 is 0 Å². The molecule has 0 aliphatic heterocycles. The Hall–Kier alpha value is -1.00. The van der Waals surface area contributed by atoms with E-state index < -0.39 is 6.10 Å². The van der Waals surface area contributed by atoms with Crippen LogP contribution < -0.4 is 5.32 Å². The SMILES string of the molecule is Cc1nc(C)c(C[C@@H](O)CNC(C)(C)C)nc1C. The number of hydrogen-bond donors (Lipinski definition) is 2. The predicted octanol–water partition coefficient (Wildman–Crippen LogP) is 1.69. The minimum absolute atomic E-state index is 0.0187. The summed E-state index contributed by atoms with van der Waals surface area (Å²) in [6.07, 6.45) is 0.114. The average Bonchev–Trinajstić information content (AvgIpc) is 2.22. The van der Waals surface area contributed by atoms with E-state index in [0.717, 1.165) is 22.8 Å². The van der Waals surface area contributed by atoms with E-state index in [1.165, 1.54) is 0 Å². The first-order valence-electron chi connectivity index (χ1n) is 6.43. The zero-order valence-corrected chi connectivity index (χ0v) is 12.3. The van der Waals surface area contributed by atoms with Crippen LogP contribution >= 0.6 is 0 Å². The zero-order valence-electron chi connectivity index (χ0n) is 12.3. The standard InChI is InChI=1S/C14H25N3O/c1-9-10(2)17-13(11(3)16-9)7-12(18)8-15-14(4,5)6/h12,15,18H,7-8H2,1-6H3/t12-/m1/s1. The van der Waals surface area contributed by atoms with E-state index in [1.807, 2.05) is 20.8 Å². The molecule has 0 aromatic carbocycles. The Labute approximate surface area is 110 Å². The van der Waals surface area contributed by atoms with Gasteiger partial charge in [-0.25, -0.2) is 0 Å². The van der Waals surface area contributed by atoms with Crippen LogP contribution in [0.25, 0.3) is 0 Å². The highest BCUT2D eigenvalue weighted by atomic mass is 16.3. The van der Waals surface area contributed by atoms with Gasteiger partial charge in [0.2, 0.25) is 0 Å². The van der Waals surface area contributed by atoms with Gasteiger partial charge in [-0.2, -0.15) is 0 Å². The van der Waals surface area contributed by atoms with Gasteiger partial charge in [0.1, 0.15) is 0 Å². The van der Waals surface area contributed by atoms with Crippen LogP contribution in [-0.2, 0) is 6.42 Å². The number of aromatic nitrogens is 2. The highest BCUT2D eigenvalue weighted by molar-refractivity contribution is 5.18. The summed E-state index contributed by atoms with van der Waals surface area (Å²) < 4.78 is 0. The molecule has 0 amide bonds. The quantitative estimate of drug-likeness (QED) is 0.855. The fourth-order valence-electron chi connectivity index (χ4n) is 1.67. The third-order valence-corrected chi connectivity index (χ3v) is 2.88. The second-order valence-corrected chi connectivity index (χ2v) is 5.92. The molecule has 2 N–H and O–H groups in total. The van der Waals surface area contributed by atoms with Crippen molar-refractivity contribution in [1.82, 2.24) is 15.3 Å². The van der Waals surface area contributed by atoms with Gasteiger partial charge in [0, 0.05) is 18.5 Å². The fraction of sp³-hybridized carbons (Fsp3) is 0.714. The van der Waals surface area contributed by atoms with Crippen molar-refractivity contribution >= 4 is 0 Å². The molecule has 1 aromatic rings. The summed E-state index contributed by atoms with van der Waals surface area (Å²) in [6.45, 7) is 12.7. The number of aliphatic hydroxyl groups excluding tert-OH is 1. The summed E-state index contributed by atoms with van der Waals surface area (Å²) >= 11 is 0. The van der Waals surface area contributed by atoms with Crippen LogP contribution in [0.15, 0.2) is 0 Å². The highest BCUT2D eigenvalue weighted by Crippen LogP contribution is 2.09. The Bertz CT molecular complexity index is 410. The lowest BCUT2D eigenvalue weighted by molar-refractivity contribution is 0.159. The normalized spacial score (nSPS) is 13.7. The van der Waals surface area contributed by atoms with Crippen molar-refractivity contribution < 1.29 is 5.11 Å². The molecule has 1 atom stereocenters. The van der Waals surface area contributed by atoms with Gasteiger partial charge in [-0.1, -0.05) is 0 Å². The lowest BCUT2D eigenvalue weighted by Gasteiger charge is -2.23. The second-order valence-electron chi connectivity index (χ2n) is 5.92. The maximum atomic E-state index is 10.0. The van der Waals surface area contributed by atoms with E-state index >= 15 is 0 Å². The number of β-amino-alcohol motifs (C(OH)–C–C–N with tert-alkyl or cyclic N) is 1. The molecule has 4 heteroatoms. The van der Waals surface area contributed by atoms with Crippen LogP contribution in [0, 0.1) is 20.8 Å². The van der Waals surface area contributed by atoms with Crippen molar-refractivity contribution in [2.24, 2.45) is 0 Å². The van der Waals surface area contributed by atoms with Crippen LogP contribution in [0.5, 0.6) is 0 Å². The first-order valence-corrected chi connectivity index (χ1v) is 6.43. The van der Waals surface area contributed by atoms with Crippen LogP contribution in [0.1, 0.15) is 43.5 Å². The summed E-state index contributed by atoms with van der Waals surface area (Å²) in [5, 5.41) is 13.3. The summed E-state index contributed by atoms with van der Waals surface area (Å²) in [6, 6.07) is 0. The number of nitrogens with zero attached hydrogens (tertiary/aromatic N) is 2. The summed E-state index contributed by atoms with van der Waals surface area (Å²) in [5.41, 5.74) is 3.71.